The first-order chi connectivity index (χ1) is 17.8. The lowest BCUT2D eigenvalue weighted by atomic mass is 9.86. The van der Waals surface area contributed by atoms with E-state index >= 15 is 0 Å². The lowest BCUT2D eigenvalue weighted by Gasteiger charge is -2.37. The van der Waals surface area contributed by atoms with E-state index in [1.54, 1.807) is 12.1 Å². The average molecular weight is 530 g/mol. The molecule has 0 saturated carbocycles. The zero-order valence-corrected chi connectivity index (χ0v) is 21.7. The maximum atomic E-state index is 13.6. The molecule has 198 valence electrons. The van der Waals surface area contributed by atoms with Gasteiger partial charge in [0.15, 0.2) is 0 Å². The molecule has 10 heteroatoms. The van der Waals surface area contributed by atoms with Crippen molar-refractivity contribution in [3.8, 4) is 5.75 Å². The van der Waals surface area contributed by atoms with E-state index in [0.717, 1.165) is 43.6 Å². The molecule has 3 heterocycles. The molecule has 0 aliphatic carbocycles. The van der Waals surface area contributed by atoms with Crippen LogP contribution in [0.25, 0.3) is 0 Å². The van der Waals surface area contributed by atoms with Crippen molar-refractivity contribution in [1.29, 1.82) is 0 Å². The van der Waals surface area contributed by atoms with Crippen molar-refractivity contribution < 1.29 is 18.7 Å². The zero-order valence-electron chi connectivity index (χ0n) is 20.9. The fourth-order valence-corrected chi connectivity index (χ4v) is 5.44. The van der Waals surface area contributed by atoms with Crippen molar-refractivity contribution in [2.75, 3.05) is 56.0 Å². The number of fused-ring (bicyclic) bond motifs is 1. The summed E-state index contributed by atoms with van der Waals surface area (Å²) >= 11 is 5.96. The minimum absolute atomic E-state index is 0.0361. The van der Waals surface area contributed by atoms with E-state index in [1.807, 2.05) is 12.1 Å². The van der Waals surface area contributed by atoms with Crippen LogP contribution in [-0.4, -0.2) is 56.4 Å². The van der Waals surface area contributed by atoms with Gasteiger partial charge in [0.25, 0.3) is 0 Å². The summed E-state index contributed by atoms with van der Waals surface area (Å²) in [4.78, 5) is 14.6. The highest BCUT2D eigenvalue weighted by Gasteiger charge is 2.42. The van der Waals surface area contributed by atoms with Gasteiger partial charge in [-0.2, -0.15) is 0 Å². The summed E-state index contributed by atoms with van der Waals surface area (Å²) in [6.07, 6.45) is 3.99. The number of nitrogens with one attached hydrogen (secondary N) is 4. The number of amides is 1. The summed E-state index contributed by atoms with van der Waals surface area (Å²) in [5, 5.41) is 12.9. The van der Waals surface area contributed by atoms with Crippen LogP contribution in [-0.2, 0) is 9.53 Å². The van der Waals surface area contributed by atoms with E-state index in [2.05, 4.69) is 39.8 Å². The third kappa shape index (κ3) is 5.85. The third-order valence-corrected chi connectivity index (χ3v) is 7.67. The molecule has 2 aromatic rings. The molecule has 5 rings (SSSR count). The van der Waals surface area contributed by atoms with E-state index < -0.39 is 5.82 Å². The van der Waals surface area contributed by atoms with Gasteiger partial charge in [0.1, 0.15) is 17.7 Å². The van der Waals surface area contributed by atoms with Crippen molar-refractivity contribution in [3.63, 3.8) is 0 Å². The maximum Gasteiger partial charge on any atom is 0.247 e. The van der Waals surface area contributed by atoms with Crippen LogP contribution in [0.1, 0.15) is 31.0 Å². The predicted octanol–water partition coefficient (Wildman–Crippen LogP) is 4.57. The normalized spacial score (nSPS) is 22.7. The largest absolute Gasteiger partial charge is 0.491 e. The fourth-order valence-electron chi connectivity index (χ4n) is 5.26. The van der Waals surface area contributed by atoms with Crippen LogP contribution >= 0.6 is 11.6 Å². The Bertz CT molecular complexity index is 1170. The average Bonchev–Trinajstić information content (AvgIpc) is 3.29. The van der Waals surface area contributed by atoms with Crippen LogP contribution in [0, 0.1) is 11.7 Å². The summed E-state index contributed by atoms with van der Waals surface area (Å²) in [5.74, 6) is 0.0632. The lowest BCUT2D eigenvalue weighted by Crippen LogP contribution is -2.42. The van der Waals surface area contributed by atoms with Crippen molar-refractivity contribution in [2.45, 2.75) is 31.0 Å². The van der Waals surface area contributed by atoms with Gasteiger partial charge in [-0.05, 0) is 56.7 Å². The van der Waals surface area contributed by atoms with Crippen molar-refractivity contribution in [3.05, 3.63) is 59.4 Å². The number of carbonyl (C=O) groups is 1. The van der Waals surface area contributed by atoms with E-state index in [1.165, 1.54) is 12.1 Å². The van der Waals surface area contributed by atoms with Crippen molar-refractivity contribution in [1.82, 2.24) is 10.2 Å². The van der Waals surface area contributed by atoms with Gasteiger partial charge in [0, 0.05) is 42.0 Å². The first-order valence-corrected chi connectivity index (χ1v) is 13.0. The molecule has 3 aliphatic heterocycles. The van der Waals surface area contributed by atoms with E-state index in [9.17, 15) is 9.18 Å². The second kappa shape index (κ2) is 10.9. The number of hydrogen-bond acceptors (Lipinski definition) is 7. The topological polar surface area (TPSA) is 86.9 Å². The quantitative estimate of drug-likeness (QED) is 0.391. The molecule has 2 atom stereocenters. The number of likely N-dealkylation sites (tertiary alicyclic amines) is 1. The van der Waals surface area contributed by atoms with Crippen molar-refractivity contribution >= 4 is 34.6 Å². The summed E-state index contributed by atoms with van der Waals surface area (Å²) in [7, 11) is 2.15. The number of benzene rings is 2. The Morgan fingerprint density at radius 3 is 2.92 bits per heavy atom. The molecule has 3 aliphatic rings. The summed E-state index contributed by atoms with van der Waals surface area (Å²) in [5.41, 5.74) is 2.91. The van der Waals surface area contributed by atoms with Gasteiger partial charge in [-0.3, -0.25) is 10.1 Å². The number of rotatable bonds is 7. The van der Waals surface area contributed by atoms with Gasteiger partial charge in [-0.15, -0.1) is 0 Å². The molecule has 1 amide bonds. The van der Waals surface area contributed by atoms with Gasteiger partial charge in [0.05, 0.1) is 36.2 Å². The summed E-state index contributed by atoms with van der Waals surface area (Å²) in [6, 6.07) is 8.27. The Labute approximate surface area is 221 Å². The Kier molecular flexibility index (Phi) is 7.57. The van der Waals surface area contributed by atoms with E-state index in [-0.39, 0.29) is 28.6 Å². The minimum atomic E-state index is -0.475. The van der Waals surface area contributed by atoms with Crippen LogP contribution in [0.5, 0.6) is 5.75 Å². The summed E-state index contributed by atoms with van der Waals surface area (Å²) in [6.45, 7) is 7.36. The molecular formula is C27H33ClFN5O3. The van der Waals surface area contributed by atoms with E-state index in [4.69, 9.17) is 21.1 Å². The second-order valence-electron chi connectivity index (χ2n) is 10.1. The van der Waals surface area contributed by atoms with Gasteiger partial charge in [0.2, 0.25) is 5.91 Å². The van der Waals surface area contributed by atoms with Gasteiger partial charge in [-0.25, -0.2) is 4.39 Å². The van der Waals surface area contributed by atoms with Gasteiger partial charge in [-0.1, -0.05) is 18.2 Å². The number of nitrogens with zero attached hydrogens (tertiary/aromatic N) is 1. The fraction of sp³-hybridized carbons (Fsp3) is 0.444. The molecule has 2 unspecified atom stereocenters. The Morgan fingerprint density at radius 1 is 1.35 bits per heavy atom. The maximum absolute atomic E-state index is 13.6. The van der Waals surface area contributed by atoms with Crippen LogP contribution in [0.15, 0.2) is 43.0 Å². The van der Waals surface area contributed by atoms with Gasteiger partial charge < -0.3 is 30.3 Å². The van der Waals surface area contributed by atoms with Crippen molar-refractivity contribution in [2.24, 2.45) is 5.92 Å². The molecular weight excluding hydrogens is 497 g/mol. The highest BCUT2D eigenvalue weighted by Crippen LogP contribution is 2.40. The molecule has 2 fully saturated rings. The lowest BCUT2D eigenvalue weighted by molar-refractivity contribution is -0.111. The number of ether oxygens (including phenoxy) is 2. The zero-order chi connectivity index (χ0) is 26.0. The van der Waals surface area contributed by atoms with Crippen LogP contribution in [0.4, 0.5) is 21.5 Å². The number of halogens is 2. The Morgan fingerprint density at radius 2 is 2.16 bits per heavy atom. The first-order valence-electron chi connectivity index (χ1n) is 12.6. The molecule has 0 radical (unpaired) electrons. The number of anilines is 3. The monoisotopic (exact) mass is 529 g/mol. The van der Waals surface area contributed by atoms with Gasteiger partial charge >= 0.3 is 0 Å². The highest BCUT2D eigenvalue weighted by atomic mass is 35.5. The molecule has 1 spiro atoms. The molecule has 0 aromatic heterocycles. The van der Waals surface area contributed by atoms with Crippen LogP contribution in [0.3, 0.4) is 0 Å². The molecule has 0 bridgehead atoms. The number of hydrogen-bond donors (Lipinski definition) is 4. The van der Waals surface area contributed by atoms with E-state index in [0.29, 0.717) is 37.0 Å². The standard InChI is InChI=1S/C27H33ClFN5O3/c1-3-25(35)33-23-11-19-22(30-16-31-26(19)32-18-4-5-21(29)20(28)10-18)12-24(23)36-14-17-13-27(37-15-17)6-8-34(2)9-7-27/h3-5,10-12,17,26,30-32H,1,6-9,13-16H2,2H3,(H,33,35). The summed E-state index contributed by atoms with van der Waals surface area (Å²) < 4.78 is 26.2. The number of carbonyl (C=O) groups excluding carboxylic acids is 1. The van der Waals surface area contributed by atoms with Crippen LogP contribution < -0.4 is 26.0 Å². The molecule has 2 saturated heterocycles. The highest BCUT2D eigenvalue weighted by molar-refractivity contribution is 6.31. The Balaban J connectivity index is 1.33. The smallest absolute Gasteiger partial charge is 0.247 e. The first kappa shape index (κ1) is 25.8. The second-order valence-corrected chi connectivity index (χ2v) is 10.5. The van der Waals surface area contributed by atoms with Crippen LogP contribution in [0.2, 0.25) is 5.02 Å². The third-order valence-electron chi connectivity index (χ3n) is 7.38. The Hall–Kier alpha value is -2.85. The predicted molar refractivity (Wildman–Crippen MR) is 144 cm³/mol. The molecule has 37 heavy (non-hydrogen) atoms. The SMILES string of the molecule is C=CC(=O)Nc1cc2c(cc1OCC1COC3(CCN(C)CC3)C1)NCNC2Nc1ccc(F)c(Cl)c1. The molecule has 4 N–H and O–H groups in total. The molecule has 2 aromatic carbocycles. The molecule has 8 nitrogen and oxygen atoms in total. The minimum Gasteiger partial charge on any atom is -0.491 e. The number of piperidine rings is 1.